The molecule has 0 heterocycles. The highest BCUT2D eigenvalue weighted by Gasteiger charge is 2.23. The highest BCUT2D eigenvalue weighted by atomic mass is 32.2. The average Bonchev–Trinajstić information content (AvgIpc) is 2.57. The van der Waals surface area contributed by atoms with Crippen molar-refractivity contribution in [3.63, 3.8) is 0 Å². The number of likely N-dealkylation sites (N-methyl/N-ethyl adjacent to an activating group) is 1. The molecule has 1 N–H and O–H groups in total. The van der Waals surface area contributed by atoms with Crippen LogP contribution >= 0.6 is 0 Å². The van der Waals surface area contributed by atoms with Crippen LogP contribution in [-0.4, -0.2) is 32.2 Å². The number of carbonyl (C=O) groups excluding carboxylic acids is 1. The Kier molecular flexibility index (Phi) is 5.98. The summed E-state index contributed by atoms with van der Waals surface area (Å²) in [5, 5.41) is 2.87. The SMILES string of the molecule is Cc1ccc(C)c([C@@H](C)NC(=O)CN(C)S(=O)(=O)c2ccccc2)c1. The van der Waals surface area contributed by atoms with Gasteiger partial charge in [-0.1, -0.05) is 42.0 Å². The fourth-order valence-corrected chi connectivity index (χ4v) is 3.80. The molecule has 0 aliphatic heterocycles. The van der Waals surface area contributed by atoms with Crippen molar-refractivity contribution in [3.05, 3.63) is 65.2 Å². The number of hydrogen-bond donors (Lipinski definition) is 1. The minimum absolute atomic E-state index is 0.174. The maximum atomic E-state index is 12.5. The van der Waals surface area contributed by atoms with Gasteiger partial charge in [-0.25, -0.2) is 8.42 Å². The van der Waals surface area contributed by atoms with Gasteiger partial charge < -0.3 is 5.32 Å². The summed E-state index contributed by atoms with van der Waals surface area (Å²) in [6, 6.07) is 14.0. The average molecular weight is 360 g/mol. The van der Waals surface area contributed by atoms with E-state index < -0.39 is 10.0 Å². The summed E-state index contributed by atoms with van der Waals surface area (Å²) < 4.78 is 26.0. The molecule has 0 saturated carbocycles. The summed E-state index contributed by atoms with van der Waals surface area (Å²) in [7, 11) is -2.27. The molecule has 1 amide bonds. The fraction of sp³-hybridized carbons (Fsp3) is 0.316. The lowest BCUT2D eigenvalue weighted by Crippen LogP contribution is -2.39. The van der Waals surface area contributed by atoms with Crippen LogP contribution in [0.25, 0.3) is 0 Å². The number of rotatable bonds is 6. The molecule has 0 fully saturated rings. The third-order valence-electron chi connectivity index (χ3n) is 4.10. The first-order valence-corrected chi connectivity index (χ1v) is 9.53. The molecule has 5 nitrogen and oxygen atoms in total. The molecule has 0 radical (unpaired) electrons. The molecule has 2 aromatic rings. The monoisotopic (exact) mass is 360 g/mol. The van der Waals surface area contributed by atoms with Crippen LogP contribution in [0.5, 0.6) is 0 Å². The maximum Gasteiger partial charge on any atom is 0.243 e. The Morgan fingerprint density at radius 2 is 1.76 bits per heavy atom. The van der Waals surface area contributed by atoms with Gasteiger partial charge >= 0.3 is 0 Å². The van der Waals surface area contributed by atoms with Crippen LogP contribution in [-0.2, 0) is 14.8 Å². The molecule has 0 aromatic heterocycles. The third kappa shape index (κ3) is 4.67. The molecule has 1 atom stereocenters. The van der Waals surface area contributed by atoms with Crippen LogP contribution in [0.2, 0.25) is 0 Å². The zero-order valence-corrected chi connectivity index (χ0v) is 15.8. The Hall–Kier alpha value is -2.18. The van der Waals surface area contributed by atoms with Crippen LogP contribution in [0.4, 0.5) is 0 Å². The number of carbonyl (C=O) groups is 1. The summed E-state index contributed by atoms with van der Waals surface area (Å²) in [4.78, 5) is 12.5. The molecular formula is C19H24N2O3S. The molecule has 2 rings (SSSR count). The van der Waals surface area contributed by atoms with E-state index in [9.17, 15) is 13.2 Å². The van der Waals surface area contributed by atoms with Gasteiger partial charge in [0.1, 0.15) is 0 Å². The number of hydrogen-bond acceptors (Lipinski definition) is 3. The van der Waals surface area contributed by atoms with E-state index >= 15 is 0 Å². The largest absolute Gasteiger partial charge is 0.348 e. The normalized spacial score (nSPS) is 12.8. The van der Waals surface area contributed by atoms with Gasteiger partial charge in [-0.15, -0.1) is 0 Å². The number of benzene rings is 2. The van der Waals surface area contributed by atoms with Gasteiger partial charge in [0.2, 0.25) is 15.9 Å². The predicted octanol–water partition coefficient (Wildman–Crippen LogP) is 2.80. The lowest BCUT2D eigenvalue weighted by atomic mass is 10.00. The molecule has 0 unspecified atom stereocenters. The summed E-state index contributed by atoms with van der Waals surface area (Å²) in [5.74, 6) is -0.338. The van der Waals surface area contributed by atoms with E-state index in [-0.39, 0.29) is 23.4 Å². The minimum atomic E-state index is -3.68. The van der Waals surface area contributed by atoms with Crippen LogP contribution in [0.1, 0.15) is 29.7 Å². The topological polar surface area (TPSA) is 66.5 Å². The van der Waals surface area contributed by atoms with Crippen molar-refractivity contribution in [3.8, 4) is 0 Å². The second kappa shape index (κ2) is 7.80. The summed E-state index contributed by atoms with van der Waals surface area (Å²) in [6.07, 6.45) is 0. The highest BCUT2D eigenvalue weighted by Crippen LogP contribution is 2.19. The lowest BCUT2D eigenvalue weighted by molar-refractivity contribution is -0.121. The first kappa shape index (κ1) is 19.1. The van der Waals surface area contributed by atoms with E-state index in [2.05, 4.69) is 5.32 Å². The van der Waals surface area contributed by atoms with Crippen LogP contribution in [0, 0.1) is 13.8 Å². The van der Waals surface area contributed by atoms with Crippen molar-refractivity contribution in [1.82, 2.24) is 9.62 Å². The standard InChI is InChI=1S/C19H24N2O3S/c1-14-10-11-15(2)18(12-14)16(3)20-19(22)13-21(4)25(23,24)17-8-6-5-7-9-17/h5-12,16H,13H2,1-4H3,(H,20,22)/t16-/m1/s1. The molecule has 0 aliphatic rings. The number of nitrogens with zero attached hydrogens (tertiary/aromatic N) is 1. The molecule has 25 heavy (non-hydrogen) atoms. The Morgan fingerprint density at radius 3 is 2.40 bits per heavy atom. The van der Waals surface area contributed by atoms with Crippen molar-refractivity contribution in [2.75, 3.05) is 13.6 Å². The molecule has 0 spiro atoms. The highest BCUT2D eigenvalue weighted by molar-refractivity contribution is 7.89. The zero-order chi connectivity index (χ0) is 18.6. The molecule has 0 aliphatic carbocycles. The quantitative estimate of drug-likeness (QED) is 0.861. The van der Waals surface area contributed by atoms with Crippen molar-refractivity contribution in [2.45, 2.75) is 31.7 Å². The Morgan fingerprint density at radius 1 is 1.12 bits per heavy atom. The third-order valence-corrected chi connectivity index (χ3v) is 5.91. The van der Waals surface area contributed by atoms with E-state index in [0.717, 1.165) is 21.0 Å². The van der Waals surface area contributed by atoms with E-state index in [0.29, 0.717) is 0 Å². The summed E-state index contributed by atoms with van der Waals surface area (Å²) >= 11 is 0. The molecule has 6 heteroatoms. The van der Waals surface area contributed by atoms with Crippen LogP contribution < -0.4 is 5.32 Å². The first-order valence-electron chi connectivity index (χ1n) is 8.09. The van der Waals surface area contributed by atoms with Crippen LogP contribution in [0.15, 0.2) is 53.4 Å². The Labute approximate surface area is 149 Å². The zero-order valence-electron chi connectivity index (χ0n) is 15.0. The Balaban J connectivity index is 2.05. The maximum absolute atomic E-state index is 12.5. The second-order valence-corrected chi connectivity index (χ2v) is 8.27. The van der Waals surface area contributed by atoms with Crippen molar-refractivity contribution in [1.29, 1.82) is 0 Å². The second-order valence-electron chi connectivity index (χ2n) is 6.22. The van der Waals surface area contributed by atoms with Gasteiger partial charge in [-0.05, 0) is 44.0 Å². The van der Waals surface area contributed by atoms with Crippen molar-refractivity contribution >= 4 is 15.9 Å². The molecule has 0 bridgehead atoms. The van der Waals surface area contributed by atoms with Crippen molar-refractivity contribution in [2.24, 2.45) is 0 Å². The lowest BCUT2D eigenvalue weighted by Gasteiger charge is -2.20. The molecule has 134 valence electrons. The van der Waals surface area contributed by atoms with Gasteiger partial charge in [-0.3, -0.25) is 4.79 Å². The summed E-state index contributed by atoms with van der Waals surface area (Å²) in [5.41, 5.74) is 3.23. The Bertz CT molecular complexity index is 848. The van der Waals surface area contributed by atoms with Crippen LogP contribution in [0.3, 0.4) is 0 Å². The smallest absolute Gasteiger partial charge is 0.243 e. The van der Waals surface area contributed by atoms with Gasteiger partial charge in [0.25, 0.3) is 0 Å². The van der Waals surface area contributed by atoms with E-state index in [4.69, 9.17) is 0 Å². The number of sulfonamides is 1. The number of amides is 1. The van der Waals surface area contributed by atoms with E-state index in [1.807, 2.05) is 39.0 Å². The van der Waals surface area contributed by atoms with E-state index in [1.54, 1.807) is 18.2 Å². The number of aryl methyl sites for hydroxylation is 2. The van der Waals surface area contributed by atoms with Gasteiger partial charge in [0.15, 0.2) is 0 Å². The first-order chi connectivity index (χ1) is 11.7. The molecule has 0 saturated heterocycles. The predicted molar refractivity (Wildman–Crippen MR) is 98.7 cm³/mol. The van der Waals surface area contributed by atoms with Gasteiger partial charge in [-0.2, -0.15) is 4.31 Å². The van der Waals surface area contributed by atoms with Crippen molar-refractivity contribution < 1.29 is 13.2 Å². The van der Waals surface area contributed by atoms with Gasteiger partial charge in [0, 0.05) is 7.05 Å². The summed E-state index contributed by atoms with van der Waals surface area (Å²) in [6.45, 7) is 5.65. The molecular weight excluding hydrogens is 336 g/mol. The fourth-order valence-electron chi connectivity index (χ4n) is 2.65. The van der Waals surface area contributed by atoms with E-state index in [1.165, 1.54) is 19.2 Å². The number of nitrogens with one attached hydrogen (secondary N) is 1. The minimum Gasteiger partial charge on any atom is -0.348 e. The van der Waals surface area contributed by atoms with Gasteiger partial charge in [0.05, 0.1) is 17.5 Å². The molecule has 2 aromatic carbocycles.